The first-order chi connectivity index (χ1) is 11.6. The highest BCUT2D eigenvalue weighted by Crippen LogP contribution is 2.18. The van der Waals surface area contributed by atoms with Gasteiger partial charge in [-0.25, -0.2) is 0 Å². The summed E-state index contributed by atoms with van der Waals surface area (Å²) in [5.74, 6) is 0.522. The van der Waals surface area contributed by atoms with E-state index in [-0.39, 0.29) is 36.3 Å². The predicted molar refractivity (Wildman–Crippen MR) is 109 cm³/mol. The summed E-state index contributed by atoms with van der Waals surface area (Å²) in [5, 5.41) is 3.07. The van der Waals surface area contributed by atoms with Crippen LogP contribution in [0.3, 0.4) is 0 Å². The van der Waals surface area contributed by atoms with Gasteiger partial charge in [-0.1, -0.05) is 26.0 Å². The van der Waals surface area contributed by atoms with Crippen molar-refractivity contribution in [3.05, 3.63) is 59.9 Å². The summed E-state index contributed by atoms with van der Waals surface area (Å²) in [6, 6.07) is 11.0. The second-order valence-electron chi connectivity index (χ2n) is 5.82. The molecule has 0 aliphatic heterocycles. The molecule has 0 unspecified atom stereocenters. The number of carbonyl (C=O) groups excluding carboxylic acids is 1. The van der Waals surface area contributed by atoms with Crippen molar-refractivity contribution in [2.24, 2.45) is 5.73 Å². The molecule has 0 saturated carbocycles. The molecule has 5 nitrogen and oxygen atoms in total. The van der Waals surface area contributed by atoms with E-state index in [2.05, 4.69) is 10.3 Å². The van der Waals surface area contributed by atoms with Gasteiger partial charge in [0, 0.05) is 30.1 Å². The fourth-order valence-electron chi connectivity index (χ4n) is 2.46. The number of hydrogen-bond acceptors (Lipinski definition) is 4. The molecule has 144 valence electrons. The molecule has 1 aromatic heterocycles. The number of benzene rings is 1. The number of rotatable bonds is 8. The SMILES string of the molecule is CCC(CC)(CN)NC(=O)c1cccc(OCc2cccnc2)c1.Cl.Cl. The summed E-state index contributed by atoms with van der Waals surface area (Å²) >= 11 is 0. The molecule has 1 amide bonds. The number of nitrogens with zero attached hydrogens (tertiary/aromatic N) is 1. The Labute approximate surface area is 167 Å². The number of amides is 1. The van der Waals surface area contributed by atoms with E-state index in [0.717, 1.165) is 18.4 Å². The van der Waals surface area contributed by atoms with Gasteiger partial charge >= 0.3 is 0 Å². The fraction of sp³-hybridized carbons (Fsp3) is 0.368. The molecule has 0 bridgehead atoms. The maximum Gasteiger partial charge on any atom is 0.251 e. The van der Waals surface area contributed by atoms with Crippen LogP contribution >= 0.6 is 24.8 Å². The number of pyridine rings is 1. The monoisotopic (exact) mass is 399 g/mol. The Hall–Kier alpha value is -1.82. The standard InChI is InChI=1S/C19H25N3O2.2ClH/c1-3-19(4-2,14-20)22-18(23)16-8-5-9-17(11-16)24-13-15-7-6-10-21-12-15;;/h5-12H,3-4,13-14,20H2,1-2H3,(H,22,23);2*1H. The lowest BCUT2D eigenvalue weighted by molar-refractivity contribution is 0.0894. The molecule has 0 fully saturated rings. The van der Waals surface area contributed by atoms with Crippen LogP contribution in [0.2, 0.25) is 0 Å². The quantitative estimate of drug-likeness (QED) is 0.708. The molecule has 3 N–H and O–H groups in total. The third kappa shape index (κ3) is 6.48. The molecule has 26 heavy (non-hydrogen) atoms. The Bertz CT molecular complexity index is 657. The Morgan fingerprint density at radius 1 is 1.19 bits per heavy atom. The zero-order valence-electron chi connectivity index (χ0n) is 15.1. The first-order valence-corrected chi connectivity index (χ1v) is 8.27. The lowest BCUT2D eigenvalue weighted by Gasteiger charge is -2.31. The number of halogens is 2. The first kappa shape index (κ1) is 24.2. The highest BCUT2D eigenvalue weighted by atomic mass is 35.5. The third-order valence-corrected chi connectivity index (χ3v) is 4.35. The molecular formula is C19H27Cl2N3O2. The third-order valence-electron chi connectivity index (χ3n) is 4.35. The van der Waals surface area contributed by atoms with Gasteiger partial charge < -0.3 is 15.8 Å². The molecule has 7 heteroatoms. The number of ether oxygens (including phenoxy) is 1. The van der Waals surface area contributed by atoms with Crippen LogP contribution in [0.5, 0.6) is 5.75 Å². The van der Waals surface area contributed by atoms with Gasteiger partial charge in [-0.2, -0.15) is 0 Å². The topological polar surface area (TPSA) is 77.2 Å². The number of nitrogens with two attached hydrogens (primary N) is 1. The fourth-order valence-corrected chi connectivity index (χ4v) is 2.46. The average Bonchev–Trinajstić information content (AvgIpc) is 2.65. The molecule has 2 rings (SSSR count). The van der Waals surface area contributed by atoms with Crippen molar-refractivity contribution in [3.8, 4) is 5.75 Å². The van der Waals surface area contributed by atoms with Crippen LogP contribution in [0.4, 0.5) is 0 Å². The van der Waals surface area contributed by atoms with E-state index >= 15 is 0 Å². The first-order valence-electron chi connectivity index (χ1n) is 8.27. The van der Waals surface area contributed by atoms with Crippen LogP contribution in [0.1, 0.15) is 42.6 Å². The highest BCUT2D eigenvalue weighted by Gasteiger charge is 2.26. The Morgan fingerprint density at radius 2 is 1.92 bits per heavy atom. The van der Waals surface area contributed by atoms with Crippen molar-refractivity contribution < 1.29 is 9.53 Å². The minimum atomic E-state index is -0.357. The van der Waals surface area contributed by atoms with Gasteiger partial charge in [0.1, 0.15) is 12.4 Å². The van der Waals surface area contributed by atoms with E-state index in [4.69, 9.17) is 10.5 Å². The van der Waals surface area contributed by atoms with Crippen molar-refractivity contribution in [2.45, 2.75) is 38.8 Å². The molecule has 0 aliphatic rings. The summed E-state index contributed by atoms with van der Waals surface area (Å²) in [7, 11) is 0. The second kappa shape index (κ2) is 11.7. The summed E-state index contributed by atoms with van der Waals surface area (Å²) in [5.41, 5.74) is 7.04. The van der Waals surface area contributed by atoms with Gasteiger partial charge in [-0.3, -0.25) is 9.78 Å². The maximum absolute atomic E-state index is 12.5. The number of aromatic nitrogens is 1. The van der Waals surface area contributed by atoms with Crippen LogP contribution in [-0.4, -0.2) is 23.0 Å². The molecule has 1 aromatic carbocycles. The van der Waals surface area contributed by atoms with Crippen LogP contribution in [-0.2, 0) is 6.61 Å². The predicted octanol–water partition coefficient (Wildman–Crippen LogP) is 3.75. The van der Waals surface area contributed by atoms with Gasteiger partial charge in [0.25, 0.3) is 5.91 Å². The normalized spacial score (nSPS) is 10.3. The van der Waals surface area contributed by atoms with Crippen LogP contribution in [0, 0.1) is 0 Å². The van der Waals surface area contributed by atoms with E-state index in [1.54, 1.807) is 24.5 Å². The molecule has 0 saturated heterocycles. The highest BCUT2D eigenvalue weighted by molar-refractivity contribution is 5.95. The molecular weight excluding hydrogens is 373 g/mol. The average molecular weight is 400 g/mol. The van der Waals surface area contributed by atoms with Gasteiger partial charge in [-0.05, 0) is 37.1 Å². The van der Waals surface area contributed by atoms with Gasteiger partial charge in [-0.15, -0.1) is 24.8 Å². The van der Waals surface area contributed by atoms with Gasteiger partial charge in [0.2, 0.25) is 0 Å². The van der Waals surface area contributed by atoms with Crippen molar-refractivity contribution in [1.29, 1.82) is 0 Å². The maximum atomic E-state index is 12.5. The Kier molecular flexibility index (Phi) is 10.9. The van der Waals surface area contributed by atoms with E-state index < -0.39 is 0 Å². The van der Waals surface area contributed by atoms with E-state index in [1.165, 1.54) is 0 Å². The van der Waals surface area contributed by atoms with Crippen LogP contribution in [0.25, 0.3) is 0 Å². The zero-order valence-corrected chi connectivity index (χ0v) is 16.7. The molecule has 0 radical (unpaired) electrons. The van der Waals surface area contributed by atoms with Crippen molar-refractivity contribution >= 4 is 30.7 Å². The second-order valence-corrected chi connectivity index (χ2v) is 5.82. The number of hydrogen-bond donors (Lipinski definition) is 2. The van der Waals surface area contributed by atoms with E-state index in [9.17, 15) is 4.79 Å². The summed E-state index contributed by atoms with van der Waals surface area (Å²) < 4.78 is 5.75. The van der Waals surface area contributed by atoms with Gasteiger partial charge in [0.05, 0.1) is 5.54 Å². The minimum absolute atomic E-state index is 0. The molecule has 0 spiro atoms. The van der Waals surface area contributed by atoms with Crippen molar-refractivity contribution in [3.63, 3.8) is 0 Å². The van der Waals surface area contributed by atoms with Crippen LogP contribution < -0.4 is 15.8 Å². The molecule has 0 atom stereocenters. The Morgan fingerprint density at radius 3 is 2.50 bits per heavy atom. The van der Waals surface area contributed by atoms with Crippen molar-refractivity contribution in [1.82, 2.24) is 10.3 Å². The molecule has 1 heterocycles. The molecule has 0 aliphatic carbocycles. The summed E-state index contributed by atoms with van der Waals surface area (Å²) in [6.45, 7) is 4.90. The summed E-state index contributed by atoms with van der Waals surface area (Å²) in [6.07, 6.45) is 5.07. The largest absolute Gasteiger partial charge is 0.489 e. The zero-order chi connectivity index (χ0) is 17.4. The van der Waals surface area contributed by atoms with Crippen LogP contribution in [0.15, 0.2) is 48.8 Å². The smallest absolute Gasteiger partial charge is 0.251 e. The number of nitrogens with one attached hydrogen (secondary N) is 1. The minimum Gasteiger partial charge on any atom is -0.489 e. The van der Waals surface area contributed by atoms with E-state index in [0.29, 0.717) is 24.5 Å². The Balaban J connectivity index is 0.00000312. The summed E-state index contributed by atoms with van der Waals surface area (Å²) in [4.78, 5) is 16.6. The number of carbonyl (C=O) groups is 1. The molecule has 2 aromatic rings. The lowest BCUT2D eigenvalue weighted by atomic mass is 9.92. The lowest BCUT2D eigenvalue weighted by Crippen LogP contribution is -2.52. The van der Waals surface area contributed by atoms with Crippen molar-refractivity contribution in [2.75, 3.05) is 6.54 Å². The van der Waals surface area contributed by atoms with E-state index in [1.807, 2.05) is 38.1 Å². The van der Waals surface area contributed by atoms with Gasteiger partial charge in [0.15, 0.2) is 0 Å².